The molecule has 0 aliphatic heterocycles. The maximum absolute atomic E-state index is 12.8. The highest BCUT2D eigenvalue weighted by Gasteiger charge is 2.43. The molecular formula is C18H29O6P. The van der Waals surface area contributed by atoms with E-state index in [9.17, 15) is 9.36 Å². The van der Waals surface area contributed by atoms with Crippen LogP contribution >= 0.6 is 7.60 Å². The monoisotopic (exact) mass is 372 g/mol. The highest BCUT2D eigenvalue weighted by Crippen LogP contribution is 2.53. The Balaban J connectivity index is 2.58. The first-order valence-corrected chi connectivity index (χ1v) is 10.4. The summed E-state index contributed by atoms with van der Waals surface area (Å²) in [4.78, 5) is 12.1. The zero-order valence-corrected chi connectivity index (χ0v) is 16.2. The summed E-state index contributed by atoms with van der Waals surface area (Å²) in [6.45, 7) is 5.82. The number of unbranched alkanes of at least 4 members (excludes halogenated alkanes) is 1. The highest BCUT2D eigenvalue weighted by molar-refractivity contribution is 7.55. The third kappa shape index (κ3) is 7.70. The molecule has 0 aliphatic rings. The molecule has 0 heterocycles. The van der Waals surface area contributed by atoms with Crippen molar-refractivity contribution >= 4 is 13.6 Å². The molecule has 1 rings (SSSR count). The Bertz CT molecular complexity index is 524. The molecular weight excluding hydrogens is 343 g/mol. The van der Waals surface area contributed by atoms with Crippen LogP contribution in [0.1, 0.15) is 39.2 Å². The second-order valence-corrected chi connectivity index (χ2v) is 7.36. The van der Waals surface area contributed by atoms with Gasteiger partial charge in [-0.15, -0.1) is 0 Å². The second kappa shape index (κ2) is 12.2. The molecule has 0 amide bonds. The third-order valence-corrected chi connectivity index (χ3v) is 5.54. The summed E-state index contributed by atoms with van der Waals surface area (Å²) < 4.78 is 33.9. The average molecular weight is 372 g/mol. The average Bonchev–Trinajstić information content (AvgIpc) is 2.59. The number of hydrogen-bond donors (Lipinski definition) is 0. The minimum Gasteiger partial charge on any atom is -0.464 e. The normalized spacial score (nSPS) is 12.8. The summed E-state index contributed by atoms with van der Waals surface area (Å²) in [5.74, 6) is -2.06. The van der Waals surface area contributed by atoms with E-state index in [4.69, 9.17) is 18.5 Å². The molecule has 1 atom stereocenters. The van der Waals surface area contributed by atoms with Crippen molar-refractivity contribution in [1.82, 2.24) is 0 Å². The van der Waals surface area contributed by atoms with Gasteiger partial charge in [0.1, 0.15) is 0 Å². The fraction of sp³-hybridized carbons (Fsp3) is 0.611. The van der Waals surface area contributed by atoms with Gasteiger partial charge in [-0.2, -0.15) is 0 Å². The van der Waals surface area contributed by atoms with Crippen LogP contribution in [0.3, 0.4) is 0 Å². The molecule has 0 saturated heterocycles. The summed E-state index contributed by atoms with van der Waals surface area (Å²) in [6.07, 6.45) is 2.54. The van der Waals surface area contributed by atoms with Crippen LogP contribution in [-0.4, -0.2) is 38.2 Å². The molecule has 6 nitrogen and oxygen atoms in total. The Labute approximate surface area is 150 Å². The molecule has 25 heavy (non-hydrogen) atoms. The standard InChI is InChI=1S/C18H29O6P/c1-4-21-17(19)18(25(20,23-5-2)24-6-3)22-15-11-10-14-16-12-8-7-9-13-16/h7-9,12-13,18H,4-6,10-11,14-15H2,1-3H3/t18-/m0/s1. The Morgan fingerprint density at radius 2 is 1.64 bits per heavy atom. The first-order chi connectivity index (χ1) is 12.1. The van der Waals surface area contributed by atoms with Crippen LogP contribution in [-0.2, 0) is 34.3 Å². The molecule has 0 aromatic heterocycles. The van der Waals surface area contributed by atoms with Gasteiger partial charge in [-0.25, -0.2) is 4.79 Å². The lowest BCUT2D eigenvalue weighted by Crippen LogP contribution is -2.29. The molecule has 0 radical (unpaired) electrons. The van der Waals surface area contributed by atoms with E-state index < -0.39 is 19.4 Å². The number of hydrogen-bond acceptors (Lipinski definition) is 6. The van der Waals surface area contributed by atoms with Crippen LogP contribution in [0.15, 0.2) is 30.3 Å². The minimum absolute atomic E-state index is 0.157. The van der Waals surface area contributed by atoms with E-state index in [1.54, 1.807) is 20.8 Å². The smallest absolute Gasteiger partial charge is 0.370 e. The summed E-state index contributed by atoms with van der Waals surface area (Å²) in [5, 5.41) is 0. The van der Waals surface area contributed by atoms with Crippen LogP contribution in [0.25, 0.3) is 0 Å². The molecule has 0 saturated carbocycles. The summed E-state index contributed by atoms with van der Waals surface area (Å²) in [5.41, 5.74) is 1.25. The van der Waals surface area contributed by atoms with Crippen LogP contribution in [0, 0.1) is 0 Å². The van der Waals surface area contributed by atoms with Crippen LogP contribution in [0.2, 0.25) is 0 Å². The number of carbonyl (C=O) groups is 1. The van der Waals surface area contributed by atoms with Gasteiger partial charge in [0, 0.05) is 6.61 Å². The topological polar surface area (TPSA) is 71.1 Å². The van der Waals surface area contributed by atoms with Crippen molar-refractivity contribution in [3.05, 3.63) is 35.9 Å². The molecule has 1 aromatic carbocycles. The van der Waals surface area contributed by atoms with Crippen molar-refractivity contribution in [2.45, 2.75) is 45.9 Å². The Morgan fingerprint density at radius 3 is 2.20 bits per heavy atom. The van der Waals surface area contributed by atoms with Gasteiger partial charge in [-0.1, -0.05) is 30.3 Å². The van der Waals surface area contributed by atoms with E-state index in [2.05, 4.69) is 12.1 Å². The van der Waals surface area contributed by atoms with Crippen LogP contribution in [0.4, 0.5) is 0 Å². The molecule has 0 aliphatic carbocycles. The first kappa shape index (κ1) is 21.8. The zero-order valence-electron chi connectivity index (χ0n) is 15.3. The van der Waals surface area contributed by atoms with Gasteiger partial charge >= 0.3 is 13.6 Å². The van der Waals surface area contributed by atoms with Crippen molar-refractivity contribution in [1.29, 1.82) is 0 Å². The maximum Gasteiger partial charge on any atom is 0.370 e. The number of carbonyl (C=O) groups excluding carboxylic acids is 1. The molecule has 0 unspecified atom stereocenters. The quantitative estimate of drug-likeness (QED) is 0.294. The van der Waals surface area contributed by atoms with E-state index in [0.717, 1.165) is 19.3 Å². The van der Waals surface area contributed by atoms with Crippen LogP contribution < -0.4 is 0 Å². The lowest BCUT2D eigenvalue weighted by Gasteiger charge is -2.24. The Hall–Kier alpha value is -1.20. The van der Waals surface area contributed by atoms with Gasteiger partial charge in [0.05, 0.1) is 19.8 Å². The van der Waals surface area contributed by atoms with Gasteiger partial charge in [-0.05, 0) is 45.6 Å². The minimum atomic E-state index is -3.72. The van der Waals surface area contributed by atoms with E-state index in [1.807, 2.05) is 18.2 Å². The molecule has 142 valence electrons. The van der Waals surface area contributed by atoms with Crippen LogP contribution in [0.5, 0.6) is 0 Å². The summed E-state index contributed by atoms with van der Waals surface area (Å²) in [6, 6.07) is 10.1. The van der Waals surface area contributed by atoms with Crippen molar-refractivity contribution in [2.24, 2.45) is 0 Å². The predicted molar refractivity (Wildman–Crippen MR) is 96.6 cm³/mol. The number of aryl methyl sites for hydroxylation is 1. The molecule has 0 N–H and O–H groups in total. The first-order valence-electron chi connectivity index (χ1n) is 8.78. The number of esters is 1. The number of ether oxygens (including phenoxy) is 2. The Kier molecular flexibility index (Phi) is 10.7. The van der Waals surface area contributed by atoms with Gasteiger partial charge in [-0.3, -0.25) is 4.57 Å². The lowest BCUT2D eigenvalue weighted by atomic mass is 10.1. The largest absolute Gasteiger partial charge is 0.464 e. The Morgan fingerprint density at radius 1 is 1.00 bits per heavy atom. The van der Waals surface area contributed by atoms with E-state index in [-0.39, 0.29) is 26.4 Å². The zero-order chi connectivity index (χ0) is 18.5. The van der Waals surface area contributed by atoms with E-state index >= 15 is 0 Å². The fourth-order valence-corrected chi connectivity index (χ4v) is 3.99. The molecule has 0 fully saturated rings. The second-order valence-electron chi connectivity index (χ2n) is 5.29. The summed E-state index contributed by atoms with van der Waals surface area (Å²) in [7, 11) is -3.72. The fourth-order valence-electron chi connectivity index (χ4n) is 2.31. The predicted octanol–water partition coefficient (Wildman–Crippen LogP) is 4.18. The van der Waals surface area contributed by atoms with Gasteiger partial charge < -0.3 is 18.5 Å². The molecule has 1 aromatic rings. The lowest BCUT2D eigenvalue weighted by molar-refractivity contribution is -0.152. The van der Waals surface area contributed by atoms with Crippen molar-refractivity contribution in [3.8, 4) is 0 Å². The van der Waals surface area contributed by atoms with Gasteiger partial charge in [0.15, 0.2) is 0 Å². The van der Waals surface area contributed by atoms with Gasteiger partial charge in [0.2, 0.25) is 0 Å². The summed E-state index contributed by atoms with van der Waals surface area (Å²) >= 11 is 0. The van der Waals surface area contributed by atoms with Gasteiger partial charge in [0.25, 0.3) is 5.85 Å². The number of benzene rings is 1. The van der Waals surface area contributed by atoms with E-state index in [0.29, 0.717) is 0 Å². The maximum atomic E-state index is 12.8. The molecule has 0 spiro atoms. The number of rotatable bonds is 13. The molecule has 7 heteroatoms. The highest BCUT2D eigenvalue weighted by atomic mass is 31.2. The van der Waals surface area contributed by atoms with Crippen molar-refractivity contribution in [2.75, 3.05) is 26.4 Å². The SMILES string of the molecule is CCOC(=O)[C@@H](OCCCCc1ccccc1)P(=O)(OCC)OCC. The van der Waals surface area contributed by atoms with Crippen molar-refractivity contribution in [3.63, 3.8) is 0 Å². The van der Waals surface area contributed by atoms with E-state index in [1.165, 1.54) is 5.56 Å². The molecule has 0 bridgehead atoms. The third-order valence-electron chi connectivity index (χ3n) is 3.37. The van der Waals surface area contributed by atoms with Crippen molar-refractivity contribution < 1.29 is 27.9 Å².